The van der Waals surface area contributed by atoms with E-state index in [1.54, 1.807) is 0 Å². The van der Waals surface area contributed by atoms with Crippen molar-refractivity contribution in [2.45, 2.75) is 53.2 Å². The van der Waals surface area contributed by atoms with Gasteiger partial charge in [0.05, 0.1) is 6.10 Å². The van der Waals surface area contributed by atoms with Gasteiger partial charge in [0.15, 0.2) is 0 Å². The minimum atomic E-state index is 0.134. The Bertz CT molecular complexity index is 352. The highest BCUT2D eigenvalue weighted by atomic mass is 16.5. The molecule has 17 heavy (non-hydrogen) atoms. The van der Waals surface area contributed by atoms with Crippen molar-refractivity contribution in [1.82, 2.24) is 0 Å². The molecule has 2 heteroatoms. The van der Waals surface area contributed by atoms with E-state index in [1.165, 1.54) is 5.56 Å². The van der Waals surface area contributed by atoms with Crippen LogP contribution in [0.2, 0.25) is 0 Å². The summed E-state index contributed by atoms with van der Waals surface area (Å²) >= 11 is 0. The summed E-state index contributed by atoms with van der Waals surface area (Å²) in [4.78, 5) is 0. The molecule has 1 aromatic rings. The van der Waals surface area contributed by atoms with Crippen LogP contribution in [0.3, 0.4) is 0 Å². The zero-order chi connectivity index (χ0) is 13.1. The SMILES string of the molecule is CC(C)Oc1cccc(CC(N)C(C)(C)C)c1. The van der Waals surface area contributed by atoms with E-state index in [0.29, 0.717) is 0 Å². The molecule has 0 spiro atoms. The van der Waals surface area contributed by atoms with Gasteiger partial charge in [-0.3, -0.25) is 0 Å². The Morgan fingerprint density at radius 2 is 1.88 bits per heavy atom. The molecule has 0 aliphatic rings. The Kier molecular flexibility index (Phi) is 4.58. The lowest BCUT2D eigenvalue weighted by Gasteiger charge is -2.27. The van der Waals surface area contributed by atoms with Crippen molar-refractivity contribution in [2.75, 3.05) is 0 Å². The molecule has 96 valence electrons. The number of rotatable bonds is 4. The molecule has 0 aromatic heterocycles. The largest absolute Gasteiger partial charge is 0.491 e. The predicted molar refractivity (Wildman–Crippen MR) is 73.3 cm³/mol. The summed E-state index contributed by atoms with van der Waals surface area (Å²) < 4.78 is 5.68. The number of nitrogens with two attached hydrogens (primary N) is 1. The van der Waals surface area contributed by atoms with Gasteiger partial charge in [0.2, 0.25) is 0 Å². The standard InChI is InChI=1S/C15H25NO/c1-11(2)17-13-8-6-7-12(9-13)10-14(16)15(3,4)5/h6-9,11,14H,10,16H2,1-5H3. The third-order valence-electron chi connectivity index (χ3n) is 2.84. The molecule has 2 N–H and O–H groups in total. The van der Waals surface area contributed by atoms with E-state index in [1.807, 2.05) is 26.0 Å². The van der Waals surface area contributed by atoms with E-state index in [9.17, 15) is 0 Å². The summed E-state index contributed by atoms with van der Waals surface area (Å²) in [5, 5.41) is 0. The Labute approximate surface area is 105 Å². The van der Waals surface area contributed by atoms with Gasteiger partial charge in [-0.2, -0.15) is 0 Å². The topological polar surface area (TPSA) is 35.2 Å². The molecule has 0 aliphatic carbocycles. The van der Waals surface area contributed by atoms with E-state index in [-0.39, 0.29) is 17.6 Å². The van der Waals surface area contributed by atoms with Crippen LogP contribution in [0.4, 0.5) is 0 Å². The summed E-state index contributed by atoms with van der Waals surface area (Å²) in [6, 6.07) is 8.38. The van der Waals surface area contributed by atoms with Crippen molar-refractivity contribution in [3.63, 3.8) is 0 Å². The summed E-state index contributed by atoms with van der Waals surface area (Å²) in [7, 11) is 0. The second-order valence-corrected chi connectivity index (χ2v) is 5.99. The van der Waals surface area contributed by atoms with E-state index < -0.39 is 0 Å². The molecular weight excluding hydrogens is 210 g/mol. The summed E-state index contributed by atoms with van der Waals surface area (Å²) in [5.41, 5.74) is 7.57. The highest BCUT2D eigenvalue weighted by molar-refractivity contribution is 5.29. The minimum absolute atomic E-state index is 0.134. The molecule has 0 amide bonds. The number of benzene rings is 1. The van der Waals surface area contributed by atoms with Gasteiger partial charge in [-0.25, -0.2) is 0 Å². The molecule has 2 nitrogen and oxygen atoms in total. The fourth-order valence-electron chi connectivity index (χ4n) is 1.58. The van der Waals surface area contributed by atoms with E-state index >= 15 is 0 Å². The lowest BCUT2D eigenvalue weighted by Crippen LogP contribution is -2.36. The van der Waals surface area contributed by atoms with Crippen molar-refractivity contribution >= 4 is 0 Å². The van der Waals surface area contributed by atoms with Crippen LogP contribution in [0.15, 0.2) is 24.3 Å². The fraction of sp³-hybridized carbons (Fsp3) is 0.600. The zero-order valence-electron chi connectivity index (χ0n) is 11.7. The van der Waals surface area contributed by atoms with Crippen LogP contribution in [0.25, 0.3) is 0 Å². The lowest BCUT2D eigenvalue weighted by molar-refractivity contribution is 0.242. The quantitative estimate of drug-likeness (QED) is 0.868. The Balaban J connectivity index is 2.72. The molecule has 0 saturated carbocycles. The van der Waals surface area contributed by atoms with Crippen molar-refractivity contribution in [3.05, 3.63) is 29.8 Å². The number of ether oxygens (including phenoxy) is 1. The Morgan fingerprint density at radius 3 is 2.41 bits per heavy atom. The molecular formula is C15H25NO. The monoisotopic (exact) mass is 235 g/mol. The molecule has 1 aromatic carbocycles. The van der Waals surface area contributed by atoms with Crippen LogP contribution in [-0.2, 0) is 6.42 Å². The van der Waals surface area contributed by atoms with Crippen molar-refractivity contribution in [1.29, 1.82) is 0 Å². The Morgan fingerprint density at radius 1 is 1.24 bits per heavy atom. The third-order valence-corrected chi connectivity index (χ3v) is 2.84. The first-order valence-electron chi connectivity index (χ1n) is 6.30. The smallest absolute Gasteiger partial charge is 0.119 e. The molecule has 0 radical (unpaired) electrons. The van der Waals surface area contributed by atoms with Crippen LogP contribution < -0.4 is 10.5 Å². The van der Waals surface area contributed by atoms with Crippen molar-refractivity contribution in [3.8, 4) is 5.75 Å². The first kappa shape index (κ1) is 14.0. The maximum Gasteiger partial charge on any atom is 0.119 e. The summed E-state index contributed by atoms with van der Waals surface area (Å²) in [6.07, 6.45) is 1.10. The first-order chi connectivity index (χ1) is 7.79. The summed E-state index contributed by atoms with van der Waals surface area (Å²) in [5.74, 6) is 0.929. The van der Waals surface area contributed by atoms with Gasteiger partial charge in [0, 0.05) is 6.04 Å². The van der Waals surface area contributed by atoms with Gasteiger partial charge in [0.1, 0.15) is 5.75 Å². The highest BCUT2D eigenvalue weighted by Crippen LogP contribution is 2.22. The van der Waals surface area contributed by atoms with Gasteiger partial charge < -0.3 is 10.5 Å². The second-order valence-electron chi connectivity index (χ2n) is 5.99. The van der Waals surface area contributed by atoms with Crippen LogP contribution in [0.5, 0.6) is 5.75 Å². The van der Waals surface area contributed by atoms with E-state index in [4.69, 9.17) is 10.5 Å². The van der Waals surface area contributed by atoms with Crippen molar-refractivity contribution in [2.24, 2.45) is 11.1 Å². The predicted octanol–water partition coefficient (Wildman–Crippen LogP) is 3.39. The molecule has 0 heterocycles. The fourth-order valence-corrected chi connectivity index (χ4v) is 1.58. The normalized spacial score (nSPS) is 13.8. The molecule has 1 rings (SSSR count). The van der Waals surface area contributed by atoms with Crippen LogP contribution in [0, 0.1) is 5.41 Å². The summed E-state index contributed by atoms with van der Waals surface area (Å²) in [6.45, 7) is 10.6. The van der Waals surface area contributed by atoms with Crippen molar-refractivity contribution < 1.29 is 4.74 Å². The maximum absolute atomic E-state index is 6.19. The first-order valence-corrected chi connectivity index (χ1v) is 6.30. The van der Waals surface area contributed by atoms with Crippen LogP contribution in [-0.4, -0.2) is 12.1 Å². The minimum Gasteiger partial charge on any atom is -0.491 e. The third kappa shape index (κ3) is 4.78. The zero-order valence-corrected chi connectivity index (χ0v) is 11.7. The average Bonchev–Trinajstić information content (AvgIpc) is 2.15. The highest BCUT2D eigenvalue weighted by Gasteiger charge is 2.20. The lowest BCUT2D eigenvalue weighted by atomic mass is 9.84. The second kappa shape index (κ2) is 5.54. The van der Waals surface area contributed by atoms with E-state index in [2.05, 4.69) is 32.9 Å². The molecule has 0 bridgehead atoms. The maximum atomic E-state index is 6.19. The van der Waals surface area contributed by atoms with Gasteiger partial charge >= 0.3 is 0 Å². The number of hydrogen-bond acceptors (Lipinski definition) is 2. The average molecular weight is 235 g/mol. The Hall–Kier alpha value is -1.02. The molecule has 1 unspecified atom stereocenters. The van der Waals surface area contributed by atoms with Gasteiger partial charge in [0.25, 0.3) is 0 Å². The molecule has 0 fully saturated rings. The van der Waals surface area contributed by atoms with Crippen LogP contribution >= 0.6 is 0 Å². The molecule has 0 saturated heterocycles. The van der Waals surface area contributed by atoms with Gasteiger partial charge in [-0.05, 0) is 43.4 Å². The van der Waals surface area contributed by atoms with Crippen LogP contribution in [0.1, 0.15) is 40.2 Å². The number of hydrogen-bond donors (Lipinski definition) is 1. The van der Waals surface area contributed by atoms with E-state index in [0.717, 1.165) is 12.2 Å². The molecule has 1 atom stereocenters. The van der Waals surface area contributed by atoms with Gasteiger partial charge in [-0.15, -0.1) is 0 Å². The van der Waals surface area contributed by atoms with Gasteiger partial charge in [-0.1, -0.05) is 32.9 Å². The molecule has 0 aliphatic heterocycles.